The molecule has 0 spiro atoms. The van der Waals surface area contributed by atoms with E-state index in [2.05, 4.69) is 124 Å². The van der Waals surface area contributed by atoms with Gasteiger partial charge in [-0.2, -0.15) is 0 Å². The van der Waals surface area contributed by atoms with E-state index in [0.29, 0.717) is 6.73 Å². The summed E-state index contributed by atoms with van der Waals surface area (Å²) in [6.07, 6.45) is 0. The molecule has 1 saturated heterocycles. The summed E-state index contributed by atoms with van der Waals surface area (Å²) < 4.78 is 6.36. The highest BCUT2D eigenvalue weighted by Crippen LogP contribution is 2.51. The van der Waals surface area contributed by atoms with E-state index in [1.165, 1.54) is 16.7 Å². The van der Waals surface area contributed by atoms with E-state index in [1.807, 2.05) is 0 Å². The molecule has 0 aliphatic carbocycles. The first-order valence-corrected chi connectivity index (χ1v) is 9.99. The summed E-state index contributed by atoms with van der Waals surface area (Å²) in [6.45, 7) is 9.54. The summed E-state index contributed by atoms with van der Waals surface area (Å²) in [6, 6.07) is 32.5. The molecule has 0 bridgehead atoms. The molecular weight excluding hydrogens is 342 g/mol. The summed E-state index contributed by atoms with van der Waals surface area (Å²) in [5, 5.41) is 0. The molecule has 144 valence electrons. The molecule has 4 rings (SSSR count). The van der Waals surface area contributed by atoms with Gasteiger partial charge in [0.25, 0.3) is 0 Å². The minimum absolute atomic E-state index is 0.186. The molecule has 0 amide bonds. The van der Waals surface area contributed by atoms with Gasteiger partial charge in [-0.05, 0) is 44.4 Å². The van der Waals surface area contributed by atoms with Crippen LogP contribution in [0, 0.1) is 0 Å². The zero-order valence-corrected chi connectivity index (χ0v) is 17.2. The zero-order valence-electron chi connectivity index (χ0n) is 17.2. The van der Waals surface area contributed by atoms with E-state index in [0.717, 1.165) is 0 Å². The SMILES string of the molecule is CC1(C)OCN(C(c2ccccc2)(c2ccccc2)c2ccccc2)C1(C)C. The molecule has 1 heterocycles. The highest BCUT2D eigenvalue weighted by molar-refractivity contribution is 5.50. The number of hydrogen-bond donors (Lipinski definition) is 0. The Hall–Kier alpha value is -2.42. The van der Waals surface area contributed by atoms with Crippen molar-refractivity contribution < 1.29 is 4.74 Å². The van der Waals surface area contributed by atoms with Gasteiger partial charge in [-0.3, -0.25) is 4.90 Å². The first-order chi connectivity index (χ1) is 13.4. The normalized spacial score (nSPS) is 18.9. The van der Waals surface area contributed by atoms with Crippen LogP contribution < -0.4 is 0 Å². The van der Waals surface area contributed by atoms with Gasteiger partial charge in [0, 0.05) is 5.54 Å². The molecule has 0 saturated carbocycles. The lowest BCUT2D eigenvalue weighted by Crippen LogP contribution is -2.59. The maximum Gasteiger partial charge on any atom is 0.102 e. The van der Waals surface area contributed by atoms with E-state index in [9.17, 15) is 0 Å². The largest absolute Gasteiger partial charge is 0.358 e. The minimum atomic E-state index is -0.443. The third-order valence-corrected chi connectivity index (χ3v) is 6.68. The minimum Gasteiger partial charge on any atom is -0.358 e. The van der Waals surface area contributed by atoms with Crippen molar-refractivity contribution in [1.29, 1.82) is 0 Å². The first kappa shape index (κ1) is 18.9. The van der Waals surface area contributed by atoms with Gasteiger partial charge in [-0.1, -0.05) is 91.0 Å². The van der Waals surface area contributed by atoms with Crippen molar-refractivity contribution in [2.24, 2.45) is 0 Å². The van der Waals surface area contributed by atoms with E-state index in [4.69, 9.17) is 4.74 Å². The van der Waals surface area contributed by atoms with Crippen LogP contribution in [0.1, 0.15) is 44.4 Å². The van der Waals surface area contributed by atoms with Gasteiger partial charge < -0.3 is 4.74 Å². The average molecular weight is 372 g/mol. The van der Waals surface area contributed by atoms with Gasteiger partial charge in [0.05, 0.1) is 11.1 Å². The molecule has 3 aromatic carbocycles. The summed E-state index contributed by atoms with van der Waals surface area (Å²) in [4.78, 5) is 2.53. The topological polar surface area (TPSA) is 12.5 Å². The second-order valence-electron chi connectivity index (χ2n) is 8.58. The molecule has 0 radical (unpaired) electrons. The molecule has 2 nitrogen and oxygen atoms in total. The van der Waals surface area contributed by atoms with Gasteiger partial charge in [-0.15, -0.1) is 0 Å². The summed E-state index contributed by atoms with van der Waals surface area (Å²) in [5.41, 5.74) is 2.86. The van der Waals surface area contributed by atoms with E-state index >= 15 is 0 Å². The molecule has 0 atom stereocenters. The number of benzene rings is 3. The first-order valence-electron chi connectivity index (χ1n) is 9.99. The fourth-order valence-corrected chi connectivity index (χ4v) is 4.41. The molecule has 1 aliphatic rings. The Morgan fingerprint density at radius 2 is 1.00 bits per heavy atom. The Labute approximate surface area is 168 Å². The van der Waals surface area contributed by atoms with Crippen molar-refractivity contribution in [2.75, 3.05) is 6.73 Å². The number of nitrogens with zero attached hydrogens (tertiary/aromatic N) is 1. The van der Waals surface area contributed by atoms with Crippen LogP contribution in [0.4, 0.5) is 0 Å². The second-order valence-corrected chi connectivity index (χ2v) is 8.58. The lowest BCUT2D eigenvalue weighted by molar-refractivity contribution is 0.00831. The van der Waals surface area contributed by atoms with Crippen LogP contribution >= 0.6 is 0 Å². The zero-order chi connectivity index (χ0) is 19.8. The van der Waals surface area contributed by atoms with Gasteiger partial charge in [-0.25, -0.2) is 0 Å². The highest BCUT2D eigenvalue weighted by Gasteiger charge is 2.57. The summed E-state index contributed by atoms with van der Waals surface area (Å²) >= 11 is 0. The monoisotopic (exact) mass is 371 g/mol. The van der Waals surface area contributed by atoms with Crippen molar-refractivity contribution in [3.05, 3.63) is 108 Å². The van der Waals surface area contributed by atoms with Crippen LogP contribution in [0.15, 0.2) is 91.0 Å². The summed E-state index contributed by atoms with van der Waals surface area (Å²) in [7, 11) is 0. The molecule has 0 N–H and O–H groups in total. The maximum absolute atomic E-state index is 6.36. The van der Waals surface area contributed by atoms with Crippen molar-refractivity contribution in [3.8, 4) is 0 Å². The molecule has 0 aromatic heterocycles. The molecule has 0 unspecified atom stereocenters. The Bertz CT molecular complexity index is 820. The third kappa shape index (κ3) is 2.71. The standard InChI is InChI=1S/C26H29NO/c1-24(2)25(3,4)28-20-27(24)26(21-14-8-5-9-15-21,22-16-10-6-11-17-22)23-18-12-7-13-19-23/h5-19H,20H2,1-4H3. The van der Waals surface area contributed by atoms with Crippen LogP contribution in [-0.4, -0.2) is 22.8 Å². The smallest absolute Gasteiger partial charge is 0.102 e. The number of rotatable bonds is 4. The van der Waals surface area contributed by atoms with Crippen LogP contribution in [-0.2, 0) is 10.3 Å². The fraction of sp³-hybridized carbons (Fsp3) is 0.308. The Morgan fingerprint density at radius 3 is 1.29 bits per heavy atom. The van der Waals surface area contributed by atoms with Crippen molar-refractivity contribution >= 4 is 0 Å². The highest BCUT2D eigenvalue weighted by atomic mass is 16.5. The fourth-order valence-electron chi connectivity index (χ4n) is 4.41. The van der Waals surface area contributed by atoms with Crippen LogP contribution in [0.25, 0.3) is 0 Å². The van der Waals surface area contributed by atoms with Crippen LogP contribution in [0.2, 0.25) is 0 Å². The molecule has 1 aliphatic heterocycles. The van der Waals surface area contributed by atoms with Gasteiger partial charge in [0.2, 0.25) is 0 Å². The molecule has 2 heteroatoms. The number of ether oxygens (including phenoxy) is 1. The van der Waals surface area contributed by atoms with E-state index < -0.39 is 5.54 Å². The lowest BCUT2D eigenvalue weighted by Gasteiger charge is -2.51. The molecule has 3 aromatic rings. The lowest BCUT2D eigenvalue weighted by atomic mass is 9.72. The number of hydrogen-bond acceptors (Lipinski definition) is 2. The molecule has 1 fully saturated rings. The van der Waals surface area contributed by atoms with Gasteiger partial charge >= 0.3 is 0 Å². The van der Waals surface area contributed by atoms with Crippen molar-refractivity contribution in [3.63, 3.8) is 0 Å². The van der Waals surface area contributed by atoms with Crippen molar-refractivity contribution in [1.82, 2.24) is 4.90 Å². The predicted octanol–water partition coefficient (Wildman–Crippen LogP) is 5.83. The third-order valence-electron chi connectivity index (χ3n) is 6.68. The van der Waals surface area contributed by atoms with Gasteiger partial charge in [0.15, 0.2) is 0 Å². The quantitative estimate of drug-likeness (QED) is 0.535. The van der Waals surface area contributed by atoms with Crippen molar-refractivity contribution in [2.45, 2.75) is 44.4 Å². The van der Waals surface area contributed by atoms with Crippen LogP contribution in [0.5, 0.6) is 0 Å². The Morgan fingerprint density at radius 1 is 0.643 bits per heavy atom. The van der Waals surface area contributed by atoms with Crippen LogP contribution in [0.3, 0.4) is 0 Å². The summed E-state index contributed by atoms with van der Waals surface area (Å²) in [5.74, 6) is 0. The Balaban J connectivity index is 2.09. The maximum atomic E-state index is 6.36. The Kier molecular flexibility index (Phi) is 4.65. The molecular formula is C26H29NO. The van der Waals surface area contributed by atoms with E-state index in [-0.39, 0.29) is 11.1 Å². The molecule has 28 heavy (non-hydrogen) atoms. The predicted molar refractivity (Wildman–Crippen MR) is 115 cm³/mol. The average Bonchev–Trinajstić information content (AvgIpc) is 2.94. The van der Waals surface area contributed by atoms with E-state index in [1.54, 1.807) is 0 Å². The second kappa shape index (κ2) is 6.88. The van der Waals surface area contributed by atoms with Gasteiger partial charge in [0.1, 0.15) is 6.73 Å².